The van der Waals surface area contributed by atoms with Gasteiger partial charge in [-0.2, -0.15) is 0 Å². The molecule has 0 bridgehead atoms. The summed E-state index contributed by atoms with van der Waals surface area (Å²) < 4.78 is 21.7. The number of aromatic nitrogens is 2. The van der Waals surface area contributed by atoms with Gasteiger partial charge in [0.25, 0.3) is 0 Å². The molecular formula is C26H26FN3O2. The lowest BCUT2D eigenvalue weighted by molar-refractivity contribution is -0.130. The number of hydrogen-bond donors (Lipinski definition) is 0. The molecule has 1 aliphatic heterocycles. The normalized spacial score (nSPS) is 19.5. The molecule has 2 aliphatic rings. The maximum Gasteiger partial charge on any atom is 0.250 e. The van der Waals surface area contributed by atoms with Crippen LogP contribution in [0.4, 0.5) is 4.39 Å². The Morgan fingerprint density at radius 3 is 2.84 bits per heavy atom. The van der Waals surface area contributed by atoms with E-state index in [-0.39, 0.29) is 17.8 Å². The third-order valence-electron chi connectivity index (χ3n) is 6.47. The first-order chi connectivity index (χ1) is 15.5. The zero-order valence-corrected chi connectivity index (χ0v) is 18.3. The highest BCUT2D eigenvalue weighted by Gasteiger charge is 2.34. The van der Waals surface area contributed by atoms with Crippen molar-refractivity contribution in [2.45, 2.75) is 38.6 Å². The SMILES string of the molecule is COc1cc(/C=C2\CCCN([C@@H]3Cc4cccc(F)c4C3)C2=O)ccc1-n1cnc(C)c1. The van der Waals surface area contributed by atoms with Gasteiger partial charge < -0.3 is 14.2 Å². The maximum absolute atomic E-state index is 14.2. The number of methoxy groups -OCH3 is 1. The Kier molecular flexibility index (Phi) is 5.29. The van der Waals surface area contributed by atoms with Gasteiger partial charge in [0.05, 0.1) is 24.8 Å². The lowest BCUT2D eigenvalue weighted by Gasteiger charge is -2.33. The van der Waals surface area contributed by atoms with Crippen molar-refractivity contribution in [3.8, 4) is 11.4 Å². The molecule has 32 heavy (non-hydrogen) atoms. The molecule has 1 amide bonds. The largest absolute Gasteiger partial charge is 0.495 e. The average molecular weight is 432 g/mol. The number of halogens is 1. The second kappa shape index (κ2) is 8.26. The van der Waals surface area contributed by atoms with E-state index < -0.39 is 0 Å². The predicted octanol–water partition coefficient (Wildman–Crippen LogP) is 4.50. The number of likely N-dealkylation sites (tertiary alicyclic amines) is 1. The standard InChI is InChI=1S/C26H26FN3O2/c1-17-15-29(16-28-17)24-9-8-18(12-25(24)32-2)11-20-6-4-10-30(26(20)31)21-13-19-5-3-7-23(27)22(19)14-21/h3,5,7-9,11-12,15-16,21H,4,6,10,13-14H2,1-2H3/b20-11+/t21-/m1/s1. The van der Waals surface area contributed by atoms with Gasteiger partial charge in [-0.25, -0.2) is 9.37 Å². The first-order valence-corrected chi connectivity index (χ1v) is 11.0. The van der Waals surface area contributed by atoms with Crippen LogP contribution in [0, 0.1) is 12.7 Å². The molecule has 0 radical (unpaired) electrons. The van der Waals surface area contributed by atoms with Crippen LogP contribution >= 0.6 is 0 Å². The van der Waals surface area contributed by atoms with Gasteiger partial charge in [-0.3, -0.25) is 4.79 Å². The van der Waals surface area contributed by atoms with Gasteiger partial charge in [0.1, 0.15) is 11.6 Å². The third kappa shape index (κ3) is 3.70. The van der Waals surface area contributed by atoms with Gasteiger partial charge in [-0.15, -0.1) is 0 Å². The summed E-state index contributed by atoms with van der Waals surface area (Å²) in [6, 6.07) is 11.2. The molecule has 1 aromatic heterocycles. The zero-order chi connectivity index (χ0) is 22.2. The van der Waals surface area contributed by atoms with Crippen LogP contribution in [0.1, 0.15) is 35.2 Å². The number of rotatable bonds is 4. The highest BCUT2D eigenvalue weighted by atomic mass is 19.1. The lowest BCUT2D eigenvalue weighted by atomic mass is 9.98. The molecule has 2 aromatic carbocycles. The summed E-state index contributed by atoms with van der Waals surface area (Å²) in [4.78, 5) is 19.5. The molecule has 1 saturated heterocycles. The minimum absolute atomic E-state index is 0.0273. The fraction of sp³-hybridized carbons (Fsp3) is 0.308. The number of aryl methyl sites for hydroxylation is 1. The van der Waals surface area contributed by atoms with Gasteiger partial charge in [0.15, 0.2) is 0 Å². The van der Waals surface area contributed by atoms with Crippen LogP contribution in [0.3, 0.4) is 0 Å². The predicted molar refractivity (Wildman–Crippen MR) is 121 cm³/mol. The second-order valence-corrected chi connectivity index (χ2v) is 8.56. The molecule has 3 aromatic rings. The summed E-state index contributed by atoms with van der Waals surface area (Å²) in [5.41, 5.74) is 5.33. The number of imidazole rings is 1. The molecule has 5 rings (SSSR count). The molecule has 1 fully saturated rings. The molecule has 2 heterocycles. The van der Waals surface area contributed by atoms with Crippen LogP contribution in [0.5, 0.6) is 5.75 Å². The van der Waals surface area contributed by atoms with Gasteiger partial charge >= 0.3 is 0 Å². The number of benzene rings is 2. The summed E-state index contributed by atoms with van der Waals surface area (Å²) >= 11 is 0. The maximum atomic E-state index is 14.2. The van der Waals surface area contributed by atoms with Crippen LogP contribution < -0.4 is 4.74 Å². The van der Waals surface area contributed by atoms with E-state index >= 15 is 0 Å². The number of hydrogen-bond acceptors (Lipinski definition) is 3. The van der Waals surface area contributed by atoms with Gasteiger partial charge in [-0.05, 0) is 73.6 Å². The molecule has 1 atom stereocenters. The Bertz CT molecular complexity index is 1210. The summed E-state index contributed by atoms with van der Waals surface area (Å²) in [6.07, 6.45) is 8.64. The van der Waals surface area contributed by atoms with Crippen LogP contribution in [-0.2, 0) is 17.6 Å². The fourth-order valence-electron chi connectivity index (χ4n) is 4.87. The van der Waals surface area contributed by atoms with E-state index in [9.17, 15) is 9.18 Å². The van der Waals surface area contributed by atoms with Gasteiger partial charge in [-0.1, -0.05) is 18.2 Å². The highest BCUT2D eigenvalue weighted by Crippen LogP contribution is 2.32. The van der Waals surface area contributed by atoms with E-state index in [1.54, 1.807) is 19.5 Å². The van der Waals surface area contributed by atoms with Crippen molar-refractivity contribution in [3.05, 3.63) is 82.7 Å². The van der Waals surface area contributed by atoms with E-state index in [1.807, 2.05) is 52.9 Å². The topological polar surface area (TPSA) is 47.4 Å². The van der Waals surface area contributed by atoms with Crippen molar-refractivity contribution in [1.82, 2.24) is 14.5 Å². The van der Waals surface area contributed by atoms with Gasteiger partial charge in [0.2, 0.25) is 5.91 Å². The first kappa shape index (κ1) is 20.5. The summed E-state index contributed by atoms with van der Waals surface area (Å²) in [5, 5.41) is 0. The zero-order valence-electron chi connectivity index (χ0n) is 18.3. The van der Waals surface area contributed by atoms with Gasteiger partial charge in [0, 0.05) is 24.4 Å². The van der Waals surface area contributed by atoms with Crippen molar-refractivity contribution in [3.63, 3.8) is 0 Å². The van der Waals surface area contributed by atoms with E-state index in [1.165, 1.54) is 6.07 Å². The summed E-state index contributed by atoms with van der Waals surface area (Å²) in [7, 11) is 1.64. The molecule has 5 nitrogen and oxygen atoms in total. The number of amides is 1. The molecule has 0 unspecified atom stereocenters. The number of carbonyl (C=O) groups is 1. The van der Waals surface area contributed by atoms with Crippen molar-refractivity contribution < 1.29 is 13.9 Å². The molecule has 0 saturated carbocycles. The number of nitrogens with zero attached hydrogens (tertiary/aromatic N) is 3. The average Bonchev–Trinajstić information content (AvgIpc) is 3.42. The summed E-state index contributed by atoms with van der Waals surface area (Å²) in [5.74, 6) is 0.617. The quantitative estimate of drug-likeness (QED) is 0.572. The third-order valence-corrected chi connectivity index (χ3v) is 6.47. The van der Waals surface area contributed by atoms with Crippen LogP contribution in [-0.4, -0.2) is 40.1 Å². The van der Waals surface area contributed by atoms with Crippen molar-refractivity contribution in [2.24, 2.45) is 0 Å². The first-order valence-electron chi connectivity index (χ1n) is 11.0. The molecule has 0 N–H and O–H groups in total. The van der Waals surface area contributed by atoms with E-state index in [0.717, 1.165) is 65.2 Å². The number of piperidine rings is 1. The molecule has 164 valence electrons. The minimum Gasteiger partial charge on any atom is -0.495 e. The highest BCUT2D eigenvalue weighted by molar-refractivity contribution is 5.98. The van der Waals surface area contributed by atoms with Crippen LogP contribution in [0.25, 0.3) is 11.8 Å². The van der Waals surface area contributed by atoms with Crippen molar-refractivity contribution in [2.75, 3.05) is 13.7 Å². The van der Waals surface area contributed by atoms with E-state index in [4.69, 9.17) is 4.74 Å². The summed E-state index contributed by atoms with van der Waals surface area (Å²) in [6.45, 7) is 2.66. The Morgan fingerprint density at radius 2 is 2.09 bits per heavy atom. The second-order valence-electron chi connectivity index (χ2n) is 8.56. The minimum atomic E-state index is -0.162. The van der Waals surface area contributed by atoms with Crippen molar-refractivity contribution in [1.29, 1.82) is 0 Å². The monoisotopic (exact) mass is 431 g/mol. The molecule has 0 spiro atoms. The van der Waals surface area contributed by atoms with Crippen LogP contribution in [0.2, 0.25) is 0 Å². The van der Waals surface area contributed by atoms with E-state index in [2.05, 4.69) is 4.98 Å². The Balaban J connectivity index is 1.38. The molecule has 6 heteroatoms. The molecular weight excluding hydrogens is 405 g/mol. The number of carbonyl (C=O) groups excluding carboxylic acids is 1. The lowest BCUT2D eigenvalue weighted by Crippen LogP contribution is -2.44. The Labute approximate surface area is 187 Å². The fourth-order valence-corrected chi connectivity index (χ4v) is 4.87. The smallest absolute Gasteiger partial charge is 0.250 e. The molecule has 1 aliphatic carbocycles. The number of ether oxygens (including phenoxy) is 1. The Hall–Kier alpha value is -3.41. The number of fused-ring (bicyclic) bond motifs is 1. The van der Waals surface area contributed by atoms with E-state index in [0.29, 0.717) is 6.42 Å². The van der Waals surface area contributed by atoms with Crippen LogP contribution in [0.15, 0.2) is 54.5 Å². The van der Waals surface area contributed by atoms with Crippen molar-refractivity contribution >= 4 is 12.0 Å². The Morgan fingerprint density at radius 1 is 1.22 bits per heavy atom.